The van der Waals surface area contributed by atoms with Gasteiger partial charge in [0.05, 0.1) is 6.04 Å². The van der Waals surface area contributed by atoms with E-state index in [9.17, 15) is 4.79 Å². The van der Waals surface area contributed by atoms with Crippen LogP contribution in [0.4, 0.5) is 0 Å². The van der Waals surface area contributed by atoms with Crippen molar-refractivity contribution in [1.29, 1.82) is 0 Å². The number of amides is 1. The Bertz CT molecular complexity index is 482. The van der Waals surface area contributed by atoms with Crippen molar-refractivity contribution >= 4 is 5.91 Å². The molecule has 1 fully saturated rings. The van der Waals surface area contributed by atoms with Gasteiger partial charge in [0.15, 0.2) is 0 Å². The molecule has 2 N–H and O–H groups in total. The number of nitrogens with zero attached hydrogens (tertiary/aromatic N) is 1. The molecule has 20 heavy (non-hydrogen) atoms. The standard InChI is InChI=1S/C17H24N2O/c18-12-4-9-17(20)19(14-10-11-14)16-8-3-6-13-5-1-2-7-15(13)16/h1-2,5,7,14,16H,3-4,6,8-12,18H2. The van der Waals surface area contributed by atoms with E-state index in [1.54, 1.807) is 0 Å². The minimum atomic E-state index is 0.303. The summed E-state index contributed by atoms with van der Waals surface area (Å²) in [6.45, 7) is 0.603. The summed E-state index contributed by atoms with van der Waals surface area (Å²) >= 11 is 0. The zero-order chi connectivity index (χ0) is 13.9. The number of carbonyl (C=O) groups is 1. The van der Waals surface area contributed by atoms with Crippen molar-refractivity contribution in [3.63, 3.8) is 0 Å². The van der Waals surface area contributed by atoms with E-state index in [0.29, 0.717) is 31.0 Å². The normalized spacial score (nSPS) is 21.4. The predicted octanol–water partition coefficient (Wildman–Crippen LogP) is 2.79. The van der Waals surface area contributed by atoms with Gasteiger partial charge in [-0.15, -0.1) is 0 Å². The molecule has 0 spiro atoms. The molecule has 1 saturated carbocycles. The molecule has 2 aliphatic carbocycles. The zero-order valence-electron chi connectivity index (χ0n) is 12.1. The lowest BCUT2D eigenvalue weighted by atomic mass is 9.86. The third-order valence-corrected chi connectivity index (χ3v) is 4.50. The van der Waals surface area contributed by atoms with Gasteiger partial charge in [-0.05, 0) is 56.2 Å². The van der Waals surface area contributed by atoms with Crippen LogP contribution in [-0.2, 0) is 11.2 Å². The van der Waals surface area contributed by atoms with Crippen LogP contribution in [0.25, 0.3) is 0 Å². The van der Waals surface area contributed by atoms with Gasteiger partial charge < -0.3 is 10.6 Å². The van der Waals surface area contributed by atoms with Gasteiger partial charge in [0.1, 0.15) is 0 Å². The van der Waals surface area contributed by atoms with E-state index in [4.69, 9.17) is 5.73 Å². The Labute approximate surface area is 121 Å². The molecule has 3 rings (SSSR count). The minimum absolute atomic E-state index is 0.303. The average molecular weight is 272 g/mol. The average Bonchev–Trinajstić information content (AvgIpc) is 3.30. The Balaban J connectivity index is 1.83. The van der Waals surface area contributed by atoms with Crippen molar-refractivity contribution in [3.05, 3.63) is 35.4 Å². The lowest BCUT2D eigenvalue weighted by molar-refractivity contribution is -0.134. The van der Waals surface area contributed by atoms with Gasteiger partial charge in [-0.25, -0.2) is 0 Å². The summed E-state index contributed by atoms with van der Waals surface area (Å²) in [6, 6.07) is 9.43. The largest absolute Gasteiger partial charge is 0.333 e. The highest BCUT2D eigenvalue weighted by Crippen LogP contribution is 2.41. The Kier molecular flexibility index (Phi) is 4.06. The summed E-state index contributed by atoms with van der Waals surface area (Å²) < 4.78 is 0. The molecule has 0 aliphatic heterocycles. The second-order valence-electron chi connectivity index (χ2n) is 6.03. The summed E-state index contributed by atoms with van der Waals surface area (Å²) in [4.78, 5) is 14.8. The molecule has 0 radical (unpaired) electrons. The Morgan fingerprint density at radius 2 is 2.05 bits per heavy atom. The second kappa shape index (κ2) is 5.96. The number of benzene rings is 1. The molecule has 1 aromatic carbocycles. The molecule has 1 aromatic rings. The highest BCUT2D eigenvalue weighted by molar-refractivity contribution is 5.77. The van der Waals surface area contributed by atoms with Crippen molar-refractivity contribution in [3.8, 4) is 0 Å². The number of nitrogens with two attached hydrogens (primary N) is 1. The van der Waals surface area contributed by atoms with Crippen molar-refractivity contribution < 1.29 is 4.79 Å². The summed E-state index contributed by atoms with van der Waals surface area (Å²) in [6.07, 6.45) is 7.21. The Morgan fingerprint density at radius 1 is 1.25 bits per heavy atom. The maximum Gasteiger partial charge on any atom is 0.223 e. The summed E-state index contributed by atoms with van der Waals surface area (Å²) in [5.41, 5.74) is 8.37. The van der Waals surface area contributed by atoms with Gasteiger partial charge >= 0.3 is 0 Å². The van der Waals surface area contributed by atoms with Gasteiger partial charge in [0.25, 0.3) is 0 Å². The molecule has 0 bridgehead atoms. The van der Waals surface area contributed by atoms with Crippen molar-refractivity contribution in [2.45, 2.75) is 57.0 Å². The van der Waals surface area contributed by atoms with Gasteiger partial charge in [0.2, 0.25) is 5.91 Å². The van der Waals surface area contributed by atoms with Gasteiger partial charge in [-0.1, -0.05) is 24.3 Å². The second-order valence-corrected chi connectivity index (χ2v) is 6.03. The molecule has 3 nitrogen and oxygen atoms in total. The molecule has 108 valence electrons. The molecule has 0 heterocycles. The smallest absolute Gasteiger partial charge is 0.223 e. The Hall–Kier alpha value is -1.35. The molecule has 3 heteroatoms. The quantitative estimate of drug-likeness (QED) is 0.896. The third kappa shape index (κ3) is 2.73. The lowest BCUT2D eigenvalue weighted by Gasteiger charge is -2.36. The number of fused-ring (bicyclic) bond motifs is 1. The van der Waals surface area contributed by atoms with E-state index < -0.39 is 0 Å². The van der Waals surface area contributed by atoms with Crippen LogP contribution in [0.3, 0.4) is 0 Å². The SMILES string of the molecule is NCCCC(=O)N(C1CC1)C1CCCc2ccccc21. The van der Waals surface area contributed by atoms with E-state index in [2.05, 4.69) is 29.2 Å². The van der Waals surface area contributed by atoms with Crippen LogP contribution in [0, 0.1) is 0 Å². The lowest BCUT2D eigenvalue weighted by Crippen LogP contribution is -2.38. The van der Waals surface area contributed by atoms with E-state index in [-0.39, 0.29) is 0 Å². The molecule has 0 aromatic heterocycles. The van der Waals surface area contributed by atoms with Crippen molar-refractivity contribution in [2.24, 2.45) is 5.73 Å². The fraction of sp³-hybridized carbons (Fsp3) is 0.588. The first-order valence-electron chi connectivity index (χ1n) is 7.90. The first-order chi connectivity index (χ1) is 9.81. The minimum Gasteiger partial charge on any atom is -0.333 e. The first-order valence-corrected chi connectivity index (χ1v) is 7.90. The van der Waals surface area contributed by atoms with Gasteiger partial charge in [0, 0.05) is 12.5 Å². The van der Waals surface area contributed by atoms with Crippen LogP contribution < -0.4 is 5.73 Å². The maximum atomic E-state index is 12.6. The van der Waals surface area contributed by atoms with Crippen LogP contribution in [0.5, 0.6) is 0 Å². The van der Waals surface area contributed by atoms with Crippen LogP contribution >= 0.6 is 0 Å². The van der Waals surface area contributed by atoms with Crippen molar-refractivity contribution in [2.75, 3.05) is 6.54 Å². The number of aryl methyl sites for hydroxylation is 1. The Morgan fingerprint density at radius 3 is 2.80 bits per heavy atom. The number of hydrogen-bond donors (Lipinski definition) is 1. The maximum absolute atomic E-state index is 12.6. The molecular formula is C17H24N2O. The van der Waals surface area contributed by atoms with Crippen molar-refractivity contribution in [1.82, 2.24) is 4.90 Å². The van der Waals surface area contributed by atoms with Crippen LogP contribution in [0.1, 0.15) is 55.7 Å². The zero-order valence-corrected chi connectivity index (χ0v) is 12.1. The fourth-order valence-corrected chi connectivity index (χ4v) is 3.38. The molecule has 1 atom stereocenters. The highest BCUT2D eigenvalue weighted by Gasteiger charge is 2.38. The van der Waals surface area contributed by atoms with Crippen LogP contribution in [-0.4, -0.2) is 23.4 Å². The predicted molar refractivity (Wildman–Crippen MR) is 80.3 cm³/mol. The third-order valence-electron chi connectivity index (χ3n) is 4.50. The van der Waals surface area contributed by atoms with E-state index in [1.807, 2.05) is 0 Å². The monoisotopic (exact) mass is 272 g/mol. The van der Waals surface area contributed by atoms with E-state index in [0.717, 1.165) is 19.3 Å². The van der Waals surface area contributed by atoms with E-state index in [1.165, 1.54) is 30.4 Å². The number of rotatable bonds is 5. The fourth-order valence-electron chi connectivity index (χ4n) is 3.38. The topological polar surface area (TPSA) is 46.3 Å². The van der Waals surface area contributed by atoms with Gasteiger partial charge in [-0.3, -0.25) is 4.79 Å². The summed E-state index contributed by atoms with van der Waals surface area (Å²) in [5, 5.41) is 0. The van der Waals surface area contributed by atoms with Crippen LogP contribution in [0.2, 0.25) is 0 Å². The number of hydrogen-bond acceptors (Lipinski definition) is 2. The molecule has 1 amide bonds. The van der Waals surface area contributed by atoms with Gasteiger partial charge in [-0.2, -0.15) is 0 Å². The molecule has 1 unspecified atom stereocenters. The van der Waals surface area contributed by atoms with E-state index >= 15 is 0 Å². The summed E-state index contributed by atoms with van der Waals surface area (Å²) in [7, 11) is 0. The molecule has 2 aliphatic rings. The highest BCUT2D eigenvalue weighted by atomic mass is 16.2. The molecular weight excluding hydrogens is 248 g/mol. The summed E-state index contributed by atoms with van der Waals surface area (Å²) in [5.74, 6) is 0.305. The first kappa shape index (κ1) is 13.6. The number of carbonyl (C=O) groups excluding carboxylic acids is 1. The van der Waals surface area contributed by atoms with Crippen LogP contribution in [0.15, 0.2) is 24.3 Å². The molecule has 0 saturated heterocycles.